The van der Waals surface area contributed by atoms with E-state index in [0.717, 1.165) is 42.3 Å². The van der Waals surface area contributed by atoms with Crippen molar-refractivity contribution in [2.75, 3.05) is 13.1 Å². The molecule has 3 saturated carbocycles. The number of nitrogens with zero attached hydrogens (tertiary/aromatic N) is 1. The largest absolute Gasteiger partial charge is 0.310 e. The molecule has 2 bridgehead atoms. The van der Waals surface area contributed by atoms with Crippen LogP contribution in [0.1, 0.15) is 44.1 Å². The van der Waals surface area contributed by atoms with Crippen LogP contribution in [0.3, 0.4) is 0 Å². The Morgan fingerprint density at radius 1 is 0.957 bits per heavy atom. The molecule has 4 aliphatic rings. The van der Waals surface area contributed by atoms with E-state index in [0.29, 0.717) is 0 Å². The fourth-order valence-corrected chi connectivity index (χ4v) is 6.52. The highest BCUT2D eigenvalue weighted by molar-refractivity contribution is 5.15. The summed E-state index contributed by atoms with van der Waals surface area (Å²) >= 11 is 0. The van der Waals surface area contributed by atoms with Crippen LogP contribution in [0.15, 0.2) is 30.3 Å². The third-order valence-electron chi connectivity index (χ3n) is 7.40. The number of likely N-dealkylation sites (tertiary alicyclic amines) is 1. The molecule has 0 amide bonds. The summed E-state index contributed by atoms with van der Waals surface area (Å²) in [5, 5.41) is 4.10. The number of hydrogen-bond donors (Lipinski definition) is 1. The molecule has 2 heteroatoms. The van der Waals surface area contributed by atoms with Crippen LogP contribution in [0.2, 0.25) is 0 Å². The molecule has 6 unspecified atom stereocenters. The van der Waals surface area contributed by atoms with Crippen LogP contribution in [-0.2, 0) is 6.54 Å². The first kappa shape index (κ1) is 14.5. The van der Waals surface area contributed by atoms with Gasteiger partial charge in [-0.1, -0.05) is 36.8 Å². The maximum atomic E-state index is 4.10. The second-order valence-electron chi connectivity index (χ2n) is 8.63. The first-order valence-corrected chi connectivity index (χ1v) is 9.89. The van der Waals surface area contributed by atoms with E-state index in [4.69, 9.17) is 0 Å². The lowest BCUT2D eigenvalue weighted by atomic mass is 9.79. The molecule has 6 atom stereocenters. The van der Waals surface area contributed by atoms with E-state index in [1.165, 1.54) is 44.3 Å². The molecule has 5 rings (SSSR count). The Labute approximate surface area is 140 Å². The van der Waals surface area contributed by atoms with Crippen LogP contribution >= 0.6 is 0 Å². The molecule has 23 heavy (non-hydrogen) atoms. The number of fused-ring (bicyclic) bond motifs is 5. The summed E-state index contributed by atoms with van der Waals surface area (Å²) in [5.41, 5.74) is 1.46. The average Bonchev–Trinajstić information content (AvgIpc) is 3.30. The number of rotatable bonds is 4. The van der Waals surface area contributed by atoms with Crippen LogP contribution in [0.5, 0.6) is 0 Å². The highest BCUT2D eigenvalue weighted by Gasteiger charge is 2.53. The van der Waals surface area contributed by atoms with Crippen molar-refractivity contribution in [2.24, 2.45) is 23.7 Å². The van der Waals surface area contributed by atoms with E-state index in [2.05, 4.69) is 40.5 Å². The zero-order chi connectivity index (χ0) is 15.2. The Bertz CT molecular complexity index is 542. The van der Waals surface area contributed by atoms with Gasteiger partial charge in [0.2, 0.25) is 0 Å². The van der Waals surface area contributed by atoms with Gasteiger partial charge in [0.15, 0.2) is 0 Å². The van der Waals surface area contributed by atoms with Gasteiger partial charge in [-0.2, -0.15) is 0 Å². The lowest BCUT2D eigenvalue weighted by Gasteiger charge is -2.34. The van der Waals surface area contributed by atoms with Crippen molar-refractivity contribution < 1.29 is 0 Å². The van der Waals surface area contributed by atoms with Gasteiger partial charge in [0.25, 0.3) is 0 Å². The minimum absolute atomic E-state index is 0.739. The van der Waals surface area contributed by atoms with Crippen LogP contribution in [0.4, 0.5) is 0 Å². The second-order valence-corrected chi connectivity index (χ2v) is 8.63. The molecule has 1 N–H and O–H groups in total. The summed E-state index contributed by atoms with van der Waals surface area (Å²) in [6, 6.07) is 12.5. The van der Waals surface area contributed by atoms with Crippen molar-refractivity contribution in [1.82, 2.24) is 10.2 Å². The van der Waals surface area contributed by atoms with Gasteiger partial charge in [-0.15, -0.1) is 0 Å². The van der Waals surface area contributed by atoms with Gasteiger partial charge in [-0.05, 0) is 61.3 Å². The van der Waals surface area contributed by atoms with Gasteiger partial charge in [0.1, 0.15) is 0 Å². The summed E-state index contributed by atoms with van der Waals surface area (Å²) < 4.78 is 0. The Hall–Kier alpha value is -0.860. The normalized spacial score (nSPS) is 42.4. The van der Waals surface area contributed by atoms with E-state index in [1.807, 2.05) is 0 Å². The van der Waals surface area contributed by atoms with E-state index >= 15 is 0 Å². The molecule has 0 aromatic heterocycles. The van der Waals surface area contributed by atoms with Crippen molar-refractivity contribution in [3.8, 4) is 0 Å². The molecule has 1 aromatic rings. The van der Waals surface area contributed by atoms with Crippen LogP contribution < -0.4 is 5.32 Å². The molecule has 0 spiro atoms. The third-order valence-corrected chi connectivity index (χ3v) is 7.40. The molecule has 4 fully saturated rings. The molecule has 0 radical (unpaired) electrons. The zero-order valence-electron chi connectivity index (χ0n) is 14.2. The highest BCUT2D eigenvalue weighted by Crippen LogP contribution is 2.58. The average molecular weight is 310 g/mol. The first-order chi connectivity index (χ1) is 11.4. The molecule has 1 heterocycles. The fourth-order valence-electron chi connectivity index (χ4n) is 6.52. The minimum Gasteiger partial charge on any atom is -0.310 e. The molecule has 124 valence electrons. The van der Waals surface area contributed by atoms with Crippen LogP contribution in [-0.4, -0.2) is 30.1 Å². The van der Waals surface area contributed by atoms with Gasteiger partial charge in [0.05, 0.1) is 0 Å². The third kappa shape index (κ3) is 2.64. The predicted octanol–water partition coefficient (Wildman–Crippen LogP) is 3.68. The maximum absolute atomic E-state index is 4.10. The second kappa shape index (κ2) is 5.89. The minimum atomic E-state index is 0.739. The molecule has 1 aromatic carbocycles. The van der Waals surface area contributed by atoms with Gasteiger partial charge in [-0.25, -0.2) is 0 Å². The molecule has 3 aliphatic carbocycles. The summed E-state index contributed by atoms with van der Waals surface area (Å²) in [5.74, 6) is 4.31. The Morgan fingerprint density at radius 3 is 2.74 bits per heavy atom. The van der Waals surface area contributed by atoms with Crippen molar-refractivity contribution in [2.45, 2.75) is 57.2 Å². The monoisotopic (exact) mass is 310 g/mol. The quantitative estimate of drug-likeness (QED) is 0.913. The van der Waals surface area contributed by atoms with E-state index in [1.54, 1.807) is 12.8 Å². The number of nitrogens with one attached hydrogen (secondary N) is 1. The maximum Gasteiger partial charge on any atom is 0.0234 e. The fraction of sp³-hybridized carbons (Fsp3) is 0.714. The Kier molecular flexibility index (Phi) is 3.71. The summed E-state index contributed by atoms with van der Waals surface area (Å²) in [7, 11) is 0. The predicted molar refractivity (Wildman–Crippen MR) is 94.1 cm³/mol. The van der Waals surface area contributed by atoms with Gasteiger partial charge in [-0.3, -0.25) is 4.90 Å². The van der Waals surface area contributed by atoms with E-state index in [9.17, 15) is 0 Å². The Morgan fingerprint density at radius 2 is 1.83 bits per heavy atom. The van der Waals surface area contributed by atoms with Gasteiger partial charge < -0.3 is 5.32 Å². The summed E-state index contributed by atoms with van der Waals surface area (Å²) in [6.45, 7) is 3.64. The Balaban J connectivity index is 1.16. The molecule has 1 aliphatic heterocycles. The van der Waals surface area contributed by atoms with Crippen LogP contribution in [0.25, 0.3) is 0 Å². The lowest BCUT2D eigenvalue weighted by Crippen LogP contribution is -2.45. The van der Waals surface area contributed by atoms with Crippen molar-refractivity contribution >= 4 is 0 Å². The van der Waals surface area contributed by atoms with Crippen molar-refractivity contribution in [3.05, 3.63) is 35.9 Å². The van der Waals surface area contributed by atoms with E-state index in [-0.39, 0.29) is 0 Å². The number of hydrogen-bond acceptors (Lipinski definition) is 2. The zero-order valence-corrected chi connectivity index (χ0v) is 14.2. The smallest absolute Gasteiger partial charge is 0.0234 e. The number of benzene rings is 1. The molecular formula is C21H30N2. The summed E-state index contributed by atoms with van der Waals surface area (Å²) in [6.07, 6.45) is 8.98. The highest BCUT2D eigenvalue weighted by atomic mass is 15.2. The molecule has 2 nitrogen and oxygen atoms in total. The topological polar surface area (TPSA) is 15.3 Å². The van der Waals surface area contributed by atoms with Gasteiger partial charge in [0, 0.05) is 31.7 Å². The van der Waals surface area contributed by atoms with Crippen molar-refractivity contribution in [1.29, 1.82) is 0 Å². The lowest BCUT2D eigenvalue weighted by molar-refractivity contribution is 0.196. The van der Waals surface area contributed by atoms with Gasteiger partial charge >= 0.3 is 0 Å². The molecular weight excluding hydrogens is 280 g/mol. The van der Waals surface area contributed by atoms with Crippen molar-refractivity contribution in [3.63, 3.8) is 0 Å². The summed E-state index contributed by atoms with van der Waals surface area (Å²) in [4.78, 5) is 2.64. The standard InChI is InChI=1S/C21H30N2/c1-2-5-15(6-3-1)13-23-10-9-17(14-23)22-21-12-16-11-20(21)19-8-4-7-18(16)19/h1-3,5-6,16-22H,4,7-14H2. The van der Waals surface area contributed by atoms with Crippen LogP contribution in [0, 0.1) is 23.7 Å². The first-order valence-electron chi connectivity index (χ1n) is 9.89. The molecule has 1 saturated heterocycles. The SMILES string of the molecule is c1ccc(CN2CCC(NC3CC4CC3C3CCCC43)C2)cc1. The van der Waals surface area contributed by atoms with E-state index < -0.39 is 0 Å².